The Morgan fingerprint density at radius 2 is 1.72 bits per heavy atom. The molecule has 0 atom stereocenters. The molecule has 32 heavy (non-hydrogen) atoms. The number of ether oxygens (including phenoxy) is 1. The second-order valence-electron chi connectivity index (χ2n) is 7.95. The van der Waals surface area contributed by atoms with Gasteiger partial charge in [-0.05, 0) is 19.8 Å². The zero-order valence-electron chi connectivity index (χ0n) is 18.4. The number of fused-ring (bicyclic) bond motifs is 1. The van der Waals surface area contributed by atoms with Gasteiger partial charge in [0.1, 0.15) is 5.82 Å². The van der Waals surface area contributed by atoms with Crippen molar-refractivity contribution in [2.24, 2.45) is 0 Å². The smallest absolute Gasteiger partial charge is 0.409 e. The Morgan fingerprint density at radius 1 is 1.00 bits per heavy atom. The summed E-state index contributed by atoms with van der Waals surface area (Å²) in [6, 6.07) is 9.07. The van der Waals surface area contributed by atoms with Crippen LogP contribution in [0.4, 0.5) is 10.6 Å². The predicted octanol–water partition coefficient (Wildman–Crippen LogP) is 2.43. The molecule has 3 heterocycles. The number of amides is 2. The number of anilines is 1. The first-order valence-electron chi connectivity index (χ1n) is 11.2. The van der Waals surface area contributed by atoms with Crippen molar-refractivity contribution in [3.63, 3.8) is 0 Å². The molecule has 0 spiro atoms. The standard InChI is InChI=1S/C23H29N5O4/c1-2-32-23(31)27-14-12-26(13-15-27)22(30)20-21(25-19-10-6-7-11-28(19)20)24-16-18(29)17-8-4-3-5-9-17/h3-5,8-9,24H,2,6-7,10-16H2,1H3. The number of nitrogens with one attached hydrogen (secondary N) is 1. The Kier molecular flexibility index (Phi) is 6.72. The van der Waals surface area contributed by atoms with Crippen LogP contribution in [-0.4, -0.2) is 76.5 Å². The fourth-order valence-electron chi connectivity index (χ4n) is 4.17. The highest BCUT2D eigenvalue weighted by molar-refractivity contribution is 6.01. The molecule has 2 aliphatic rings. The second-order valence-corrected chi connectivity index (χ2v) is 7.95. The van der Waals surface area contributed by atoms with Crippen molar-refractivity contribution in [3.8, 4) is 0 Å². The number of aromatic nitrogens is 2. The lowest BCUT2D eigenvalue weighted by Crippen LogP contribution is -2.51. The fraction of sp³-hybridized carbons (Fsp3) is 0.478. The minimum atomic E-state index is -0.344. The van der Waals surface area contributed by atoms with Crippen LogP contribution >= 0.6 is 0 Å². The van der Waals surface area contributed by atoms with Crippen LogP contribution in [0.2, 0.25) is 0 Å². The molecule has 0 saturated carbocycles. The molecule has 0 bridgehead atoms. The number of Topliss-reactive ketones (excluding diaryl/α,β-unsaturated/α-hetero) is 1. The number of benzene rings is 1. The fourth-order valence-corrected chi connectivity index (χ4v) is 4.17. The number of ketones is 1. The summed E-state index contributed by atoms with van der Waals surface area (Å²) >= 11 is 0. The first-order valence-corrected chi connectivity index (χ1v) is 11.2. The van der Waals surface area contributed by atoms with Crippen LogP contribution in [0.25, 0.3) is 0 Å². The van der Waals surface area contributed by atoms with Crippen LogP contribution in [0, 0.1) is 0 Å². The average molecular weight is 440 g/mol. The van der Waals surface area contributed by atoms with E-state index in [1.54, 1.807) is 28.9 Å². The van der Waals surface area contributed by atoms with E-state index in [0.29, 0.717) is 49.9 Å². The highest BCUT2D eigenvalue weighted by Crippen LogP contribution is 2.25. The maximum atomic E-state index is 13.5. The molecule has 170 valence electrons. The first-order chi connectivity index (χ1) is 15.6. The van der Waals surface area contributed by atoms with Crippen LogP contribution in [-0.2, 0) is 17.7 Å². The lowest BCUT2D eigenvalue weighted by molar-refractivity contribution is 0.0562. The van der Waals surface area contributed by atoms with E-state index in [4.69, 9.17) is 4.74 Å². The van der Waals surface area contributed by atoms with Gasteiger partial charge in [-0.15, -0.1) is 0 Å². The van der Waals surface area contributed by atoms with Gasteiger partial charge in [0, 0.05) is 44.7 Å². The second kappa shape index (κ2) is 9.84. The van der Waals surface area contributed by atoms with Gasteiger partial charge in [-0.1, -0.05) is 30.3 Å². The van der Waals surface area contributed by atoms with E-state index in [0.717, 1.165) is 31.6 Å². The molecule has 9 heteroatoms. The summed E-state index contributed by atoms with van der Waals surface area (Å²) in [6.07, 6.45) is 2.49. The number of carbonyl (C=O) groups is 3. The van der Waals surface area contributed by atoms with Crippen molar-refractivity contribution in [2.75, 3.05) is 44.6 Å². The minimum Gasteiger partial charge on any atom is -0.450 e. The molecule has 0 unspecified atom stereocenters. The van der Waals surface area contributed by atoms with E-state index in [1.807, 2.05) is 22.8 Å². The normalized spacial score (nSPS) is 15.8. The molecule has 0 radical (unpaired) electrons. The lowest BCUT2D eigenvalue weighted by Gasteiger charge is -2.34. The number of carbonyl (C=O) groups excluding carboxylic acids is 3. The summed E-state index contributed by atoms with van der Waals surface area (Å²) in [5.41, 5.74) is 1.12. The molecule has 2 amide bonds. The summed E-state index contributed by atoms with van der Waals surface area (Å²) < 4.78 is 7.05. The maximum Gasteiger partial charge on any atom is 0.409 e. The van der Waals surface area contributed by atoms with Crippen LogP contribution in [0.5, 0.6) is 0 Å². The lowest BCUT2D eigenvalue weighted by atomic mass is 10.1. The van der Waals surface area contributed by atoms with E-state index >= 15 is 0 Å². The Bertz CT molecular complexity index is 980. The molecule has 1 aromatic heterocycles. The summed E-state index contributed by atoms with van der Waals surface area (Å²) in [5, 5.41) is 3.12. The molecular formula is C23H29N5O4. The van der Waals surface area contributed by atoms with Crippen molar-refractivity contribution in [1.29, 1.82) is 0 Å². The molecule has 1 saturated heterocycles. The van der Waals surface area contributed by atoms with Crippen LogP contribution in [0.1, 0.15) is 46.4 Å². The largest absolute Gasteiger partial charge is 0.450 e. The van der Waals surface area contributed by atoms with Crippen molar-refractivity contribution in [1.82, 2.24) is 19.4 Å². The zero-order valence-corrected chi connectivity index (χ0v) is 18.4. The van der Waals surface area contributed by atoms with Gasteiger partial charge in [0.2, 0.25) is 0 Å². The van der Waals surface area contributed by atoms with Crippen molar-refractivity contribution >= 4 is 23.6 Å². The Labute approximate surface area is 187 Å². The number of hydrogen-bond donors (Lipinski definition) is 1. The van der Waals surface area contributed by atoms with Gasteiger partial charge in [-0.25, -0.2) is 9.78 Å². The number of piperazine rings is 1. The average Bonchev–Trinajstić information content (AvgIpc) is 3.21. The van der Waals surface area contributed by atoms with Gasteiger partial charge in [0.15, 0.2) is 17.3 Å². The van der Waals surface area contributed by atoms with Crippen LogP contribution in [0.3, 0.4) is 0 Å². The van der Waals surface area contributed by atoms with Gasteiger partial charge in [0.05, 0.1) is 13.2 Å². The Hall–Kier alpha value is -3.36. The van der Waals surface area contributed by atoms with E-state index in [1.165, 1.54) is 0 Å². The van der Waals surface area contributed by atoms with Gasteiger partial charge < -0.3 is 24.4 Å². The summed E-state index contributed by atoms with van der Waals surface area (Å²) in [5.74, 6) is 1.16. The molecule has 2 aliphatic heterocycles. The summed E-state index contributed by atoms with van der Waals surface area (Å²) in [7, 11) is 0. The molecule has 0 aliphatic carbocycles. The van der Waals surface area contributed by atoms with Crippen LogP contribution in [0.15, 0.2) is 30.3 Å². The SMILES string of the molecule is CCOC(=O)N1CCN(C(=O)c2c(NCC(=O)c3ccccc3)nc3n2CCCC3)CC1. The van der Waals surface area contributed by atoms with Gasteiger partial charge in [0.25, 0.3) is 5.91 Å². The van der Waals surface area contributed by atoms with Crippen molar-refractivity contribution < 1.29 is 19.1 Å². The maximum absolute atomic E-state index is 13.5. The highest BCUT2D eigenvalue weighted by Gasteiger charge is 2.31. The van der Waals surface area contributed by atoms with Crippen molar-refractivity contribution in [2.45, 2.75) is 32.7 Å². The number of nitrogens with zero attached hydrogens (tertiary/aromatic N) is 4. The van der Waals surface area contributed by atoms with Gasteiger partial charge in [-0.2, -0.15) is 0 Å². The summed E-state index contributed by atoms with van der Waals surface area (Å²) in [6.45, 7) is 4.63. The molecule has 2 aromatic rings. The third-order valence-corrected chi connectivity index (χ3v) is 5.89. The molecule has 1 N–H and O–H groups in total. The third-order valence-electron chi connectivity index (χ3n) is 5.89. The molecule has 9 nitrogen and oxygen atoms in total. The highest BCUT2D eigenvalue weighted by atomic mass is 16.6. The predicted molar refractivity (Wildman–Crippen MR) is 119 cm³/mol. The Morgan fingerprint density at radius 3 is 2.44 bits per heavy atom. The molecule has 1 aromatic carbocycles. The summed E-state index contributed by atoms with van der Waals surface area (Å²) in [4.78, 5) is 46.0. The molecule has 4 rings (SSSR count). The van der Waals surface area contributed by atoms with E-state index in [2.05, 4.69) is 10.3 Å². The first kappa shape index (κ1) is 21.9. The number of hydrogen-bond acceptors (Lipinski definition) is 6. The zero-order chi connectivity index (χ0) is 22.5. The van der Waals surface area contributed by atoms with E-state index < -0.39 is 0 Å². The Balaban J connectivity index is 1.49. The van der Waals surface area contributed by atoms with Crippen molar-refractivity contribution in [3.05, 3.63) is 47.4 Å². The van der Waals surface area contributed by atoms with E-state index in [-0.39, 0.29) is 24.3 Å². The minimum absolute atomic E-state index is 0.0574. The van der Waals surface area contributed by atoms with Gasteiger partial charge in [-0.3, -0.25) is 9.59 Å². The monoisotopic (exact) mass is 439 g/mol. The quantitative estimate of drug-likeness (QED) is 0.695. The third kappa shape index (κ3) is 4.61. The van der Waals surface area contributed by atoms with E-state index in [9.17, 15) is 14.4 Å². The number of imidazole rings is 1. The molecule has 1 fully saturated rings. The topological polar surface area (TPSA) is 96.8 Å². The van der Waals surface area contributed by atoms with Crippen LogP contribution < -0.4 is 5.32 Å². The number of rotatable bonds is 6. The van der Waals surface area contributed by atoms with Gasteiger partial charge >= 0.3 is 6.09 Å². The number of aryl methyl sites for hydroxylation is 1. The molecular weight excluding hydrogens is 410 g/mol.